The van der Waals surface area contributed by atoms with Gasteiger partial charge in [0.15, 0.2) is 0 Å². The summed E-state index contributed by atoms with van der Waals surface area (Å²) >= 11 is 6.13. The molecule has 9 atom stereocenters. The summed E-state index contributed by atoms with van der Waals surface area (Å²) in [7, 11) is 7.28. The van der Waals surface area contributed by atoms with Crippen LogP contribution >= 0.6 is 11.6 Å². The van der Waals surface area contributed by atoms with Crippen LogP contribution in [0.1, 0.15) is 167 Å². The molecule has 7 rings (SSSR count). The fraction of sp³-hybridized carbons (Fsp3) is 0.734. The van der Waals surface area contributed by atoms with Crippen LogP contribution in [0, 0.1) is 17.8 Å². The first-order chi connectivity index (χ1) is 42.5. The molecule has 0 aromatic heterocycles. The number of hydrogen-bond donors (Lipinski definition) is 4. The zero-order chi connectivity index (χ0) is 66.1. The summed E-state index contributed by atoms with van der Waals surface area (Å²) in [4.78, 5) is 169. The van der Waals surface area contributed by atoms with E-state index in [0.717, 1.165) is 62.0 Å². The second-order valence-electron chi connectivity index (χ2n) is 26.5. The predicted octanol–water partition coefficient (Wildman–Crippen LogP) is 4.81. The molecular weight excluding hydrogens is 1190 g/mol. The number of carbonyl (C=O) groups is 11. The van der Waals surface area contributed by atoms with Gasteiger partial charge in [0.1, 0.15) is 47.8 Å². The number of likely N-dealkylation sites (N-methyl/N-ethyl adjacent to an activating group) is 5. The molecule has 3 aliphatic heterocycles. The molecular formula is C64H95ClF3N11O11. The highest BCUT2D eigenvalue weighted by Gasteiger charge is 2.51. The van der Waals surface area contributed by atoms with E-state index in [1.165, 1.54) is 77.6 Å². The molecule has 90 heavy (non-hydrogen) atoms. The second kappa shape index (κ2) is 30.7. The summed E-state index contributed by atoms with van der Waals surface area (Å²) in [5.41, 5.74) is -2.21. The first kappa shape index (κ1) is 70.9. The number of alkyl halides is 3. The Kier molecular flexibility index (Phi) is 24.2. The summed E-state index contributed by atoms with van der Waals surface area (Å²) in [5, 5.41) is 11.0. The van der Waals surface area contributed by atoms with Gasteiger partial charge >= 0.3 is 6.18 Å². The van der Waals surface area contributed by atoms with Crippen molar-refractivity contribution in [2.75, 3.05) is 61.4 Å². The number of amides is 11. The Labute approximate surface area is 532 Å². The van der Waals surface area contributed by atoms with Crippen molar-refractivity contribution in [2.24, 2.45) is 17.8 Å². The van der Waals surface area contributed by atoms with Crippen molar-refractivity contribution >= 4 is 76.6 Å². The number of halogens is 4. The number of aryl methyl sites for hydroxylation is 1. The number of benzene rings is 1. The Morgan fingerprint density at radius 2 is 1.29 bits per heavy atom. The minimum atomic E-state index is -4.74. The van der Waals surface area contributed by atoms with Gasteiger partial charge in [-0.05, 0) is 114 Å². The van der Waals surface area contributed by atoms with Crippen molar-refractivity contribution in [1.29, 1.82) is 0 Å². The number of carbonyl (C=O) groups excluding carboxylic acids is 11. The lowest BCUT2D eigenvalue weighted by molar-refractivity contribution is -0.158. The lowest BCUT2D eigenvalue weighted by atomic mass is 9.84. The van der Waals surface area contributed by atoms with Gasteiger partial charge in [-0.2, -0.15) is 13.2 Å². The lowest BCUT2D eigenvalue weighted by Gasteiger charge is -2.44. The molecule has 6 fully saturated rings. The van der Waals surface area contributed by atoms with Crippen molar-refractivity contribution in [3.8, 4) is 0 Å². The summed E-state index contributed by atoms with van der Waals surface area (Å²) in [6.07, 6.45) is 5.26. The van der Waals surface area contributed by atoms with Crippen LogP contribution in [-0.2, 0) is 65.3 Å². The average molecular weight is 1290 g/mol. The maximum Gasteiger partial charge on any atom is 0.417 e. The zero-order valence-electron chi connectivity index (χ0n) is 53.9. The van der Waals surface area contributed by atoms with Crippen molar-refractivity contribution in [3.63, 3.8) is 0 Å². The van der Waals surface area contributed by atoms with E-state index in [9.17, 15) is 56.3 Å². The summed E-state index contributed by atoms with van der Waals surface area (Å²) in [6, 6.07) is -5.37. The Morgan fingerprint density at radius 3 is 1.90 bits per heavy atom. The molecule has 3 saturated heterocycles. The molecule has 26 heteroatoms. The Hall–Kier alpha value is -6.53. The molecule has 22 nitrogen and oxygen atoms in total. The molecule has 500 valence electrons. The number of nitrogens with zero attached hydrogens (tertiary/aromatic N) is 7. The monoisotopic (exact) mass is 1290 g/mol. The molecule has 1 aromatic carbocycles. The number of nitrogens with one attached hydrogen (secondary N) is 4. The maximum absolute atomic E-state index is 15.2. The quantitative estimate of drug-likeness (QED) is 0.275. The standard InChI is InChI=1S/C64H95ClF3N11O11/c1-10-38(2)53-61(89)74(6)37-52(82)78-32-28-48(78)60(88)76(8)49(35-41-19-12-11-13-20-41)59(87)73(5)36-50(80)70-46(27-25-42-24-26-44(45(65)34-42)64(66,67)68)58(86)79-31-18-23-47(79)56(84)72-63(29-16-17-30-63)62(90)77(9)54(43-21-14-15-22-43)57(85)69-39(3)33-51(81)75(7)40(4)55(83)71-53/h24,26,34,38-41,43,46-49,53-54H,10-23,25,27-33,35-37H2,1-9H3,(H,69,85)(H,70,80)(H,71,83)(H,72,84)/t38-,39+,40-,46-,47-,48-,49-,53-,54-/m0/s1. The van der Waals surface area contributed by atoms with Crippen LogP contribution in [-0.4, -0.2) is 215 Å². The first-order valence-electron chi connectivity index (χ1n) is 32.5. The fourth-order valence-electron chi connectivity index (χ4n) is 14.2. The SMILES string of the molecule is CC[C@H](C)[C@@H]1NC(=O)[C@H](C)N(C)C(=O)C[C@@H](C)NC(=O)[C@H](C2CCCC2)N(C)C(=O)C2(CCCC2)NC(=O)[C@@H]2CCCN2C(=O)[C@H](CCc2ccc(C(F)(F)F)c(Cl)c2)NC(=O)CN(C)C(=O)[C@H](CC2CCCCC2)N(C)C(=O)[C@@H]2CCN2C(=O)CN(C)C1=O. The third kappa shape index (κ3) is 16.8. The maximum atomic E-state index is 15.2. The molecule has 0 bridgehead atoms. The van der Waals surface area contributed by atoms with E-state index in [4.69, 9.17) is 11.6 Å². The lowest BCUT2D eigenvalue weighted by Crippen LogP contribution is -2.64. The van der Waals surface area contributed by atoms with Gasteiger partial charge in [0, 0.05) is 60.8 Å². The highest BCUT2D eigenvalue weighted by Crippen LogP contribution is 2.38. The van der Waals surface area contributed by atoms with Gasteiger partial charge in [0.25, 0.3) is 0 Å². The average Bonchev–Trinajstić information content (AvgIpc) is 1.79. The van der Waals surface area contributed by atoms with Gasteiger partial charge < -0.3 is 55.6 Å². The smallest absolute Gasteiger partial charge is 0.351 e. The van der Waals surface area contributed by atoms with Crippen LogP contribution in [0.4, 0.5) is 13.2 Å². The van der Waals surface area contributed by atoms with Gasteiger partial charge in [-0.25, -0.2) is 0 Å². The fourth-order valence-corrected chi connectivity index (χ4v) is 14.5. The molecule has 3 saturated carbocycles. The first-order valence-corrected chi connectivity index (χ1v) is 32.8. The molecule has 6 aliphatic rings. The molecule has 11 amide bonds. The normalized spacial score (nSPS) is 28.6. The van der Waals surface area contributed by atoms with Gasteiger partial charge in [0.2, 0.25) is 65.0 Å². The zero-order valence-corrected chi connectivity index (χ0v) is 54.6. The number of rotatable bonds is 8. The van der Waals surface area contributed by atoms with Crippen molar-refractivity contribution in [1.82, 2.24) is 55.6 Å². The van der Waals surface area contributed by atoms with Crippen LogP contribution in [0.15, 0.2) is 18.2 Å². The van der Waals surface area contributed by atoms with Crippen molar-refractivity contribution < 1.29 is 65.9 Å². The van der Waals surface area contributed by atoms with Gasteiger partial charge in [-0.15, -0.1) is 0 Å². The molecule has 3 aliphatic carbocycles. The largest absolute Gasteiger partial charge is 0.417 e. The van der Waals surface area contributed by atoms with Crippen LogP contribution < -0.4 is 21.3 Å². The van der Waals surface area contributed by atoms with Crippen LogP contribution in [0.2, 0.25) is 5.02 Å². The minimum absolute atomic E-state index is 0.0468. The van der Waals surface area contributed by atoms with Crippen molar-refractivity contribution in [3.05, 3.63) is 34.3 Å². The number of fused-ring (bicyclic) bond motifs is 2. The van der Waals surface area contributed by atoms with E-state index >= 15 is 9.59 Å². The van der Waals surface area contributed by atoms with E-state index in [2.05, 4.69) is 21.3 Å². The van der Waals surface area contributed by atoms with Crippen LogP contribution in [0.25, 0.3) is 0 Å². The van der Waals surface area contributed by atoms with E-state index in [1.54, 1.807) is 13.8 Å². The molecule has 4 N–H and O–H groups in total. The molecule has 3 heterocycles. The van der Waals surface area contributed by atoms with E-state index < -0.39 is 155 Å². The topological polar surface area (TPSA) is 259 Å². The van der Waals surface area contributed by atoms with E-state index in [0.29, 0.717) is 44.1 Å². The predicted molar refractivity (Wildman–Crippen MR) is 328 cm³/mol. The summed E-state index contributed by atoms with van der Waals surface area (Å²) in [6.45, 7) is 5.98. The minimum Gasteiger partial charge on any atom is -0.351 e. The van der Waals surface area contributed by atoms with Gasteiger partial charge in [-0.1, -0.05) is 95.7 Å². The molecule has 1 spiro atoms. The summed E-state index contributed by atoms with van der Waals surface area (Å²) < 4.78 is 41.4. The Bertz CT molecular complexity index is 2830. The second-order valence-corrected chi connectivity index (χ2v) is 26.9. The third-order valence-corrected chi connectivity index (χ3v) is 20.4. The number of hydrogen-bond acceptors (Lipinski definition) is 11. The van der Waals surface area contributed by atoms with Crippen molar-refractivity contribution in [2.45, 2.75) is 223 Å². The Balaban J connectivity index is 1.21. The highest BCUT2D eigenvalue weighted by molar-refractivity contribution is 6.31. The van der Waals surface area contributed by atoms with Crippen LogP contribution in [0.3, 0.4) is 0 Å². The van der Waals surface area contributed by atoms with Gasteiger partial charge in [0.05, 0.1) is 23.7 Å². The summed E-state index contributed by atoms with van der Waals surface area (Å²) in [5.74, 6) is -7.09. The van der Waals surface area contributed by atoms with Gasteiger partial charge in [-0.3, -0.25) is 52.7 Å². The third-order valence-electron chi connectivity index (χ3n) is 20.1. The van der Waals surface area contributed by atoms with E-state index in [-0.39, 0.29) is 76.3 Å². The molecule has 0 radical (unpaired) electrons. The Morgan fingerprint density at radius 1 is 0.644 bits per heavy atom. The van der Waals surface area contributed by atoms with Crippen LogP contribution in [0.5, 0.6) is 0 Å². The molecule has 0 unspecified atom stereocenters. The highest BCUT2D eigenvalue weighted by atomic mass is 35.5. The van der Waals surface area contributed by atoms with E-state index in [1.807, 2.05) is 6.92 Å². The molecule has 1 aromatic rings.